The molecule has 192 valence electrons. The zero-order valence-corrected chi connectivity index (χ0v) is 21.0. The van der Waals surface area contributed by atoms with E-state index in [1.165, 1.54) is 19.9 Å². The molecule has 7 N–H and O–H groups in total. The number of aliphatic hydroxyl groups excluding tert-OH is 1. The van der Waals surface area contributed by atoms with E-state index in [-0.39, 0.29) is 11.5 Å². The smallest absolute Gasteiger partial charge is 0.387 e. The number of aryl methyl sites for hydroxylation is 1. The number of ether oxygens (including phenoxy) is 1. The molecule has 7 atom stereocenters. The Labute approximate surface area is 197 Å². The molecule has 0 saturated carbocycles. The standard InChI is InChI=1S/C14H21ClN3O13P3/c1-4-5-14(15)11(19)10(28-12(14)18-7(2)6-9(16)17-13(18)20)8(3)29-33(24,25)31-34(26,27)30-32(21,22)23/h6,8,10-12,19H,1-3H3,(H,24,25)(H,26,27)(H2,16,17,20)(H2,21,22,23)/t8-,10?,11?,12-,14-/m1/s1. The highest BCUT2D eigenvalue weighted by molar-refractivity contribution is 7.66. The Morgan fingerprint density at radius 2 is 1.85 bits per heavy atom. The van der Waals surface area contributed by atoms with Gasteiger partial charge in [0.2, 0.25) is 0 Å². The summed E-state index contributed by atoms with van der Waals surface area (Å²) in [6.07, 6.45) is -6.51. The maximum Gasteiger partial charge on any atom is 0.490 e. The highest BCUT2D eigenvalue weighted by Gasteiger charge is 2.58. The maximum absolute atomic E-state index is 12.5. The number of aromatic nitrogens is 2. The van der Waals surface area contributed by atoms with Crippen LogP contribution in [0.2, 0.25) is 0 Å². The number of hydrogen-bond donors (Lipinski definition) is 6. The van der Waals surface area contributed by atoms with E-state index in [4.69, 9.17) is 31.9 Å². The Balaban J connectivity index is 2.37. The molecule has 1 aromatic heterocycles. The van der Waals surface area contributed by atoms with Gasteiger partial charge in [0.1, 0.15) is 18.0 Å². The highest BCUT2D eigenvalue weighted by Crippen LogP contribution is 2.66. The molecule has 0 aromatic carbocycles. The van der Waals surface area contributed by atoms with Crippen molar-refractivity contribution in [3.05, 3.63) is 22.2 Å². The van der Waals surface area contributed by atoms with Crippen molar-refractivity contribution in [1.82, 2.24) is 9.55 Å². The number of nitrogens with zero attached hydrogens (tertiary/aromatic N) is 2. The Kier molecular flexibility index (Phi) is 8.63. The van der Waals surface area contributed by atoms with Gasteiger partial charge >= 0.3 is 29.2 Å². The molecule has 34 heavy (non-hydrogen) atoms. The van der Waals surface area contributed by atoms with Crippen LogP contribution >= 0.6 is 35.1 Å². The summed E-state index contributed by atoms with van der Waals surface area (Å²) in [7, 11) is -16.9. The van der Waals surface area contributed by atoms with Gasteiger partial charge in [-0.1, -0.05) is 17.5 Å². The summed E-state index contributed by atoms with van der Waals surface area (Å²) < 4.78 is 53.0. The molecule has 0 amide bonds. The van der Waals surface area contributed by atoms with Crippen LogP contribution in [0.4, 0.5) is 5.82 Å². The maximum atomic E-state index is 12.5. The number of hydrogen-bond acceptors (Lipinski definition) is 11. The van der Waals surface area contributed by atoms with Gasteiger partial charge in [0.25, 0.3) is 0 Å². The van der Waals surface area contributed by atoms with E-state index in [2.05, 4.69) is 30.0 Å². The lowest BCUT2D eigenvalue weighted by Crippen LogP contribution is -2.45. The number of phosphoric ester groups is 1. The van der Waals surface area contributed by atoms with Crippen LogP contribution in [-0.4, -0.2) is 57.4 Å². The van der Waals surface area contributed by atoms with Crippen molar-refractivity contribution < 1.29 is 56.3 Å². The molecule has 4 unspecified atom stereocenters. The van der Waals surface area contributed by atoms with Gasteiger partial charge in [-0.25, -0.2) is 18.5 Å². The summed E-state index contributed by atoms with van der Waals surface area (Å²) >= 11 is 6.52. The molecule has 0 bridgehead atoms. The fourth-order valence-electron chi connectivity index (χ4n) is 3.14. The molecule has 2 heterocycles. The number of anilines is 1. The number of nitrogen functional groups attached to an aromatic ring is 1. The third-order valence-corrected chi connectivity index (χ3v) is 8.71. The van der Waals surface area contributed by atoms with Crippen molar-refractivity contribution in [3.8, 4) is 11.8 Å². The SMILES string of the molecule is CC#C[C@@]1(Cl)C(O)C([C@@H](C)OP(=O)(O)OP(=O)(O)OP(=O)(O)O)O[C@H]1n1c(C)cc(N)nc1=O. The minimum absolute atomic E-state index is 0.100. The van der Waals surface area contributed by atoms with Crippen LogP contribution in [0.15, 0.2) is 10.9 Å². The quantitative estimate of drug-likeness (QED) is 0.139. The van der Waals surface area contributed by atoms with E-state index >= 15 is 0 Å². The predicted molar refractivity (Wildman–Crippen MR) is 114 cm³/mol. The molecule has 1 aromatic rings. The highest BCUT2D eigenvalue weighted by atomic mass is 35.5. The summed E-state index contributed by atoms with van der Waals surface area (Å²) in [5, 5.41) is 10.8. The number of halogens is 1. The molecule has 1 saturated heterocycles. The van der Waals surface area contributed by atoms with Crippen LogP contribution in [-0.2, 0) is 31.6 Å². The third-order valence-electron chi connectivity index (χ3n) is 4.28. The molecule has 2 rings (SSSR count). The van der Waals surface area contributed by atoms with Gasteiger partial charge in [0, 0.05) is 5.69 Å². The average molecular weight is 568 g/mol. The Hall–Kier alpha value is -1.14. The van der Waals surface area contributed by atoms with Crippen molar-refractivity contribution in [2.75, 3.05) is 5.73 Å². The lowest BCUT2D eigenvalue weighted by atomic mass is 9.96. The Morgan fingerprint density at radius 3 is 2.35 bits per heavy atom. The van der Waals surface area contributed by atoms with E-state index in [1.54, 1.807) is 0 Å². The minimum Gasteiger partial charge on any atom is -0.387 e. The first-order valence-corrected chi connectivity index (χ1v) is 13.9. The van der Waals surface area contributed by atoms with Gasteiger partial charge in [-0.3, -0.25) is 9.09 Å². The molecule has 0 spiro atoms. The first-order chi connectivity index (χ1) is 15.3. The zero-order chi connectivity index (χ0) is 26.3. The number of alkyl halides is 1. The second-order valence-electron chi connectivity index (χ2n) is 6.92. The molecule has 1 aliphatic heterocycles. The van der Waals surface area contributed by atoms with Crippen LogP contribution in [0.5, 0.6) is 0 Å². The molecule has 0 aliphatic carbocycles. The van der Waals surface area contributed by atoms with Crippen LogP contribution in [0.3, 0.4) is 0 Å². The Bertz CT molecular complexity index is 1210. The van der Waals surface area contributed by atoms with Crippen molar-refractivity contribution in [2.24, 2.45) is 0 Å². The van der Waals surface area contributed by atoms with Crippen molar-refractivity contribution >= 4 is 40.9 Å². The van der Waals surface area contributed by atoms with E-state index in [0.717, 1.165) is 11.5 Å². The summed E-state index contributed by atoms with van der Waals surface area (Å²) in [5.41, 5.74) is 4.86. The van der Waals surface area contributed by atoms with Gasteiger partial charge < -0.3 is 35.2 Å². The average Bonchev–Trinajstić information content (AvgIpc) is 2.83. The van der Waals surface area contributed by atoms with Crippen LogP contribution in [0, 0.1) is 18.8 Å². The van der Waals surface area contributed by atoms with Crippen LogP contribution in [0.1, 0.15) is 25.8 Å². The van der Waals surface area contributed by atoms with E-state index < -0.39 is 58.6 Å². The van der Waals surface area contributed by atoms with Gasteiger partial charge in [0.15, 0.2) is 11.1 Å². The largest absolute Gasteiger partial charge is 0.490 e. The molecule has 16 nitrogen and oxygen atoms in total. The molecular formula is C14H21ClN3O13P3. The fraction of sp³-hybridized carbons (Fsp3) is 0.571. The summed E-state index contributed by atoms with van der Waals surface area (Å²) in [6.45, 7) is 3.92. The van der Waals surface area contributed by atoms with Crippen LogP contribution < -0.4 is 11.4 Å². The van der Waals surface area contributed by atoms with E-state index in [9.17, 15) is 33.4 Å². The second-order valence-corrected chi connectivity index (χ2v) is 11.9. The lowest BCUT2D eigenvalue weighted by molar-refractivity contribution is -0.0754. The third kappa shape index (κ3) is 6.75. The molecule has 20 heteroatoms. The number of rotatable bonds is 8. The summed E-state index contributed by atoms with van der Waals surface area (Å²) in [5.74, 6) is 4.89. The summed E-state index contributed by atoms with van der Waals surface area (Å²) in [4.78, 5) is 50.2. The molecular weight excluding hydrogens is 547 g/mol. The number of aliphatic hydroxyl groups is 1. The van der Waals surface area contributed by atoms with E-state index in [1.807, 2.05) is 0 Å². The predicted octanol–water partition coefficient (Wildman–Crippen LogP) is 0.125. The van der Waals surface area contributed by atoms with E-state index in [0.29, 0.717) is 0 Å². The Morgan fingerprint density at radius 1 is 1.26 bits per heavy atom. The molecule has 1 aliphatic rings. The summed E-state index contributed by atoms with van der Waals surface area (Å²) in [6, 6.07) is 1.32. The second kappa shape index (κ2) is 10.1. The number of nitrogens with two attached hydrogens (primary N) is 1. The van der Waals surface area contributed by atoms with Gasteiger partial charge in [-0.05, 0) is 26.8 Å². The first-order valence-electron chi connectivity index (χ1n) is 8.96. The minimum atomic E-state index is -5.77. The lowest BCUT2D eigenvalue weighted by Gasteiger charge is -2.27. The monoisotopic (exact) mass is 567 g/mol. The van der Waals surface area contributed by atoms with Crippen molar-refractivity contribution in [3.63, 3.8) is 0 Å². The topological polar surface area (TPSA) is 250 Å². The first kappa shape index (κ1) is 29.1. The van der Waals surface area contributed by atoms with Crippen LogP contribution in [0.25, 0.3) is 0 Å². The van der Waals surface area contributed by atoms with Crippen molar-refractivity contribution in [1.29, 1.82) is 0 Å². The fourth-order valence-corrected chi connectivity index (χ4v) is 6.70. The normalized spacial score (nSPS) is 29.5. The van der Waals surface area contributed by atoms with Gasteiger partial charge in [0.05, 0.1) is 6.10 Å². The van der Waals surface area contributed by atoms with Gasteiger partial charge in [-0.2, -0.15) is 13.6 Å². The zero-order valence-electron chi connectivity index (χ0n) is 17.6. The number of phosphoric acid groups is 3. The van der Waals surface area contributed by atoms with Crippen molar-refractivity contribution in [2.45, 2.75) is 50.2 Å². The molecule has 0 radical (unpaired) electrons. The van der Waals surface area contributed by atoms with Gasteiger partial charge in [-0.15, -0.1) is 5.92 Å². The molecule has 1 fully saturated rings.